The van der Waals surface area contributed by atoms with Crippen LogP contribution in [0, 0.1) is 40.4 Å². The number of ketones is 1. The van der Waals surface area contributed by atoms with Gasteiger partial charge in [0.25, 0.3) is 5.97 Å². The Morgan fingerprint density at radius 3 is 2.48 bits per heavy atom. The maximum Gasteiger partial charge on any atom is 0.275 e. The molecule has 1 unspecified atom stereocenters. The highest BCUT2D eigenvalue weighted by molar-refractivity contribution is 5.84. The molecular weight excluding hydrogens is 316 g/mol. The summed E-state index contributed by atoms with van der Waals surface area (Å²) in [5.74, 6) is -0.305. The summed E-state index contributed by atoms with van der Waals surface area (Å²) in [6.45, 7) is 4.56. The van der Waals surface area contributed by atoms with Crippen molar-refractivity contribution in [2.24, 2.45) is 40.4 Å². The zero-order chi connectivity index (χ0) is 18.0. The Labute approximate surface area is 151 Å². The minimum atomic E-state index is -2.62. The molecule has 4 fully saturated rings. The number of fused-ring (bicyclic) bond motifs is 5. The minimum Gasteiger partial charge on any atom is -0.344 e. The summed E-state index contributed by atoms with van der Waals surface area (Å²) in [4.78, 5) is 13.4. The lowest BCUT2D eigenvalue weighted by Gasteiger charge is -2.59. The van der Waals surface area contributed by atoms with Crippen LogP contribution in [0.2, 0.25) is 0 Å². The van der Waals surface area contributed by atoms with Crippen molar-refractivity contribution in [3.05, 3.63) is 0 Å². The molecule has 0 aliphatic heterocycles. The smallest absolute Gasteiger partial charge is 0.275 e. The molecule has 0 heterocycles. The second-order valence-corrected chi connectivity index (χ2v) is 10.2. The van der Waals surface area contributed by atoms with Gasteiger partial charge in [0, 0.05) is 18.8 Å². The van der Waals surface area contributed by atoms with Crippen LogP contribution in [0.1, 0.15) is 78.1 Å². The van der Waals surface area contributed by atoms with E-state index in [1.165, 1.54) is 32.1 Å². The summed E-state index contributed by atoms with van der Waals surface area (Å²) in [5, 5.41) is 28.5. The van der Waals surface area contributed by atoms with Gasteiger partial charge in [-0.25, -0.2) is 0 Å². The Morgan fingerprint density at radius 1 is 1.00 bits per heavy atom. The molecule has 4 nitrogen and oxygen atoms in total. The van der Waals surface area contributed by atoms with Crippen molar-refractivity contribution in [1.82, 2.24) is 0 Å². The van der Waals surface area contributed by atoms with Crippen LogP contribution in [0.4, 0.5) is 0 Å². The van der Waals surface area contributed by atoms with Crippen LogP contribution in [-0.2, 0) is 4.79 Å². The molecule has 0 amide bonds. The van der Waals surface area contributed by atoms with Crippen LogP contribution in [0.25, 0.3) is 0 Å². The largest absolute Gasteiger partial charge is 0.344 e. The fourth-order valence-corrected chi connectivity index (χ4v) is 7.88. The summed E-state index contributed by atoms with van der Waals surface area (Å²) in [6, 6.07) is 0. The zero-order valence-electron chi connectivity index (χ0n) is 15.7. The molecule has 4 aliphatic rings. The predicted octanol–water partition coefficient (Wildman–Crippen LogP) is 3.24. The predicted molar refractivity (Wildman–Crippen MR) is 94.2 cm³/mol. The summed E-state index contributed by atoms with van der Waals surface area (Å²) < 4.78 is 0. The monoisotopic (exact) mass is 350 g/mol. The Hall–Kier alpha value is -0.450. The molecule has 3 N–H and O–H groups in total. The highest BCUT2D eigenvalue weighted by Gasteiger charge is 2.63. The molecule has 4 aliphatic carbocycles. The van der Waals surface area contributed by atoms with Crippen LogP contribution in [0.5, 0.6) is 0 Å². The van der Waals surface area contributed by atoms with E-state index in [1.54, 1.807) is 0 Å². The van der Waals surface area contributed by atoms with E-state index in [4.69, 9.17) is 0 Å². The standard InChI is InChI=1S/C21H34O4/c1-19-10-4-3-5-13(19)6-8-15-16-9-7-14(11-21(23,24)25)20(16,2)12-17(22)18(15)19/h13-16,18,23-25H,3-12H2,1-2H3/t13?,14-,15+,16-,18+,19+,20-/m1/s1. The van der Waals surface area contributed by atoms with Crippen molar-refractivity contribution < 1.29 is 20.1 Å². The first kappa shape index (κ1) is 17.9. The molecule has 0 bridgehead atoms. The van der Waals surface area contributed by atoms with Gasteiger partial charge < -0.3 is 15.3 Å². The van der Waals surface area contributed by atoms with Crippen LogP contribution in [-0.4, -0.2) is 27.1 Å². The SMILES string of the molecule is C[C@]12CC(=O)[C@@H]3[C@@H](CCC4CCCC[C@@]43C)[C@H]1CC[C@@H]2CC(O)(O)O. The van der Waals surface area contributed by atoms with Gasteiger partial charge in [0.2, 0.25) is 0 Å². The number of Topliss-reactive ketones (excluding diaryl/α,β-unsaturated/α-hetero) is 1. The number of carbonyl (C=O) groups is 1. The summed E-state index contributed by atoms with van der Waals surface area (Å²) >= 11 is 0. The fourth-order valence-electron chi connectivity index (χ4n) is 7.88. The first-order valence-electron chi connectivity index (χ1n) is 10.3. The molecule has 7 atom stereocenters. The molecule has 4 heteroatoms. The molecule has 4 saturated carbocycles. The molecule has 25 heavy (non-hydrogen) atoms. The average molecular weight is 350 g/mol. The van der Waals surface area contributed by atoms with Gasteiger partial charge in [-0.2, -0.15) is 0 Å². The Kier molecular flexibility index (Phi) is 4.14. The van der Waals surface area contributed by atoms with E-state index < -0.39 is 5.97 Å². The zero-order valence-corrected chi connectivity index (χ0v) is 15.7. The van der Waals surface area contributed by atoms with Crippen molar-refractivity contribution in [2.45, 2.75) is 84.0 Å². The van der Waals surface area contributed by atoms with Gasteiger partial charge >= 0.3 is 0 Å². The number of carbonyl (C=O) groups excluding carboxylic acids is 1. The van der Waals surface area contributed by atoms with E-state index >= 15 is 0 Å². The molecule has 142 valence electrons. The lowest BCUT2D eigenvalue weighted by atomic mass is 9.44. The van der Waals surface area contributed by atoms with Gasteiger partial charge in [-0.05, 0) is 73.0 Å². The van der Waals surface area contributed by atoms with Gasteiger partial charge in [0.1, 0.15) is 5.78 Å². The summed E-state index contributed by atoms with van der Waals surface area (Å²) in [6.07, 6.45) is 9.96. The van der Waals surface area contributed by atoms with Gasteiger partial charge in [0.05, 0.1) is 0 Å². The van der Waals surface area contributed by atoms with Gasteiger partial charge in [-0.3, -0.25) is 4.79 Å². The Balaban J connectivity index is 1.64. The lowest BCUT2D eigenvalue weighted by Crippen LogP contribution is -2.57. The second-order valence-electron chi connectivity index (χ2n) is 10.2. The van der Waals surface area contributed by atoms with Crippen molar-refractivity contribution in [3.8, 4) is 0 Å². The first-order valence-corrected chi connectivity index (χ1v) is 10.3. The highest BCUT2D eigenvalue weighted by atomic mass is 16.7. The van der Waals surface area contributed by atoms with E-state index in [1.807, 2.05) is 0 Å². The van der Waals surface area contributed by atoms with Crippen LogP contribution in [0.15, 0.2) is 0 Å². The minimum absolute atomic E-state index is 0.0132. The molecule has 0 spiro atoms. The third-order valence-electron chi connectivity index (χ3n) is 8.98. The van der Waals surface area contributed by atoms with Crippen molar-refractivity contribution in [2.75, 3.05) is 0 Å². The maximum absolute atomic E-state index is 13.4. The molecule has 0 aromatic rings. The molecule has 0 radical (unpaired) electrons. The number of rotatable bonds is 2. The number of hydrogen-bond acceptors (Lipinski definition) is 4. The number of aliphatic hydroxyl groups is 3. The van der Waals surface area contributed by atoms with Gasteiger partial charge in [-0.15, -0.1) is 0 Å². The van der Waals surface area contributed by atoms with E-state index in [9.17, 15) is 20.1 Å². The van der Waals surface area contributed by atoms with Crippen LogP contribution in [0.3, 0.4) is 0 Å². The molecule has 0 saturated heterocycles. The Bertz CT molecular complexity index is 553. The van der Waals surface area contributed by atoms with Crippen LogP contribution >= 0.6 is 0 Å². The fraction of sp³-hybridized carbons (Fsp3) is 0.952. The average Bonchev–Trinajstić information content (AvgIpc) is 2.81. The first-order chi connectivity index (χ1) is 11.7. The van der Waals surface area contributed by atoms with Gasteiger partial charge in [0.15, 0.2) is 0 Å². The van der Waals surface area contributed by atoms with Crippen molar-refractivity contribution in [3.63, 3.8) is 0 Å². The number of hydrogen-bond donors (Lipinski definition) is 3. The van der Waals surface area contributed by atoms with E-state index in [0.29, 0.717) is 30.0 Å². The van der Waals surface area contributed by atoms with E-state index in [0.717, 1.165) is 19.3 Å². The molecule has 0 aromatic carbocycles. The van der Waals surface area contributed by atoms with Crippen LogP contribution < -0.4 is 0 Å². The quantitative estimate of drug-likeness (QED) is 0.668. The third kappa shape index (κ3) is 2.71. The lowest BCUT2D eigenvalue weighted by molar-refractivity contribution is -0.323. The van der Waals surface area contributed by atoms with Crippen molar-refractivity contribution >= 4 is 5.78 Å². The normalized spacial score (nSPS) is 50.1. The third-order valence-corrected chi connectivity index (χ3v) is 8.98. The molecule has 0 aromatic heterocycles. The van der Waals surface area contributed by atoms with Crippen molar-refractivity contribution in [1.29, 1.82) is 0 Å². The topological polar surface area (TPSA) is 77.8 Å². The van der Waals surface area contributed by atoms with Gasteiger partial charge in [-0.1, -0.05) is 26.7 Å². The summed E-state index contributed by atoms with van der Waals surface area (Å²) in [5.41, 5.74) is 0.00190. The molecule has 4 rings (SSSR count). The molecular formula is C21H34O4. The highest BCUT2D eigenvalue weighted by Crippen LogP contribution is 2.67. The van der Waals surface area contributed by atoms with E-state index in [2.05, 4.69) is 13.8 Å². The Morgan fingerprint density at radius 2 is 1.76 bits per heavy atom. The maximum atomic E-state index is 13.4. The van der Waals surface area contributed by atoms with E-state index in [-0.39, 0.29) is 29.1 Å². The summed E-state index contributed by atoms with van der Waals surface area (Å²) in [7, 11) is 0. The second kappa shape index (κ2) is 5.77.